The van der Waals surface area contributed by atoms with E-state index >= 15 is 0 Å². The van der Waals surface area contributed by atoms with Crippen LogP contribution in [0, 0.1) is 0 Å². The average molecular weight is 396 g/mol. The summed E-state index contributed by atoms with van der Waals surface area (Å²) in [6.45, 7) is 6.33. The van der Waals surface area contributed by atoms with Crippen molar-refractivity contribution in [1.29, 1.82) is 0 Å². The molecule has 1 aromatic rings. The van der Waals surface area contributed by atoms with Gasteiger partial charge in [0.25, 0.3) is 10.0 Å². The summed E-state index contributed by atoms with van der Waals surface area (Å²) in [4.78, 5) is 16.2. The monoisotopic (exact) mass is 396 g/mol. The van der Waals surface area contributed by atoms with Crippen molar-refractivity contribution >= 4 is 22.2 Å². The second kappa shape index (κ2) is 7.20. The number of hydrogen-bond donors (Lipinski definition) is 0. The third-order valence-electron chi connectivity index (χ3n) is 4.23. The van der Waals surface area contributed by atoms with Gasteiger partial charge >= 0.3 is 5.97 Å². The Hall–Kier alpha value is -2.00. The van der Waals surface area contributed by atoms with Gasteiger partial charge in [-0.2, -0.15) is 12.8 Å². The van der Waals surface area contributed by atoms with Crippen LogP contribution in [-0.2, 0) is 30.7 Å². The summed E-state index contributed by atoms with van der Waals surface area (Å²) in [5, 5.41) is 0. The van der Waals surface area contributed by atoms with Crippen LogP contribution in [-0.4, -0.2) is 50.0 Å². The zero-order valence-corrected chi connectivity index (χ0v) is 16.5. The summed E-state index contributed by atoms with van der Waals surface area (Å²) in [7, 11) is -3.88. The van der Waals surface area contributed by atoms with Crippen molar-refractivity contribution in [1.82, 2.24) is 4.98 Å². The van der Waals surface area contributed by atoms with Crippen molar-refractivity contribution in [2.45, 2.75) is 62.6 Å². The van der Waals surface area contributed by atoms with E-state index in [-0.39, 0.29) is 23.2 Å². The topological polar surface area (TPSA) is 104 Å². The molecule has 3 heterocycles. The minimum atomic E-state index is -3.88. The first-order chi connectivity index (χ1) is 12.6. The molecule has 0 amide bonds. The third kappa shape index (κ3) is 4.84. The van der Waals surface area contributed by atoms with Crippen molar-refractivity contribution in [3.8, 4) is 5.88 Å². The molecule has 27 heavy (non-hydrogen) atoms. The molecule has 0 radical (unpaired) electrons. The summed E-state index contributed by atoms with van der Waals surface area (Å²) in [6.07, 6.45) is 2.81. The normalized spacial score (nSPS) is 20.4. The molecule has 0 aliphatic carbocycles. The number of ether oxygens (including phenoxy) is 3. The minimum Gasteiger partial charge on any atom is -0.464 e. The fraction of sp³-hybridized carbons (Fsp3) is 0.611. The Morgan fingerprint density at radius 1 is 1.26 bits per heavy atom. The Morgan fingerprint density at radius 3 is 2.63 bits per heavy atom. The summed E-state index contributed by atoms with van der Waals surface area (Å²) in [6, 6.07) is 3.00. The van der Waals surface area contributed by atoms with Crippen molar-refractivity contribution < 1.29 is 27.4 Å². The second-order valence-corrected chi connectivity index (χ2v) is 9.28. The van der Waals surface area contributed by atoms with Gasteiger partial charge in [0.15, 0.2) is 10.5 Å². The number of hydrogen-bond acceptors (Lipinski definition) is 7. The van der Waals surface area contributed by atoms with Crippen LogP contribution in [0.5, 0.6) is 5.88 Å². The van der Waals surface area contributed by atoms with E-state index in [1.807, 2.05) is 0 Å². The fourth-order valence-electron chi connectivity index (χ4n) is 2.89. The van der Waals surface area contributed by atoms with Gasteiger partial charge in [-0.1, -0.05) is 0 Å². The van der Waals surface area contributed by atoms with Gasteiger partial charge in [-0.15, -0.1) is 0 Å². The minimum absolute atomic E-state index is 0.0242. The van der Waals surface area contributed by atoms with E-state index < -0.39 is 21.2 Å². The van der Waals surface area contributed by atoms with E-state index in [9.17, 15) is 13.2 Å². The molecule has 2 aliphatic heterocycles. The fourth-order valence-corrected chi connectivity index (χ4v) is 3.88. The lowest BCUT2D eigenvalue weighted by atomic mass is 9.95. The maximum atomic E-state index is 12.4. The number of aromatic nitrogens is 1. The third-order valence-corrected chi connectivity index (χ3v) is 5.48. The molecule has 1 spiro atoms. The Kier molecular flexibility index (Phi) is 5.27. The van der Waals surface area contributed by atoms with E-state index in [4.69, 9.17) is 14.2 Å². The number of esters is 1. The van der Waals surface area contributed by atoms with Gasteiger partial charge in [0, 0.05) is 25.0 Å². The first kappa shape index (κ1) is 19.8. The number of sulfonamides is 1. The van der Waals surface area contributed by atoms with E-state index in [0.717, 1.165) is 0 Å². The predicted octanol–water partition coefficient (Wildman–Crippen LogP) is 2.06. The molecule has 0 unspecified atom stereocenters. The van der Waals surface area contributed by atoms with Gasteiger partial charge in [-0.05, 0) is 32.9 Å². The molecule has 1 saturated heterocycles. The van der Waals surface area contributed by atoms with Crippen LogP contribution in [0.1, 0.15) is 45.7 Å². The van der Waals surface area contributed by atoms with Crippen molar-refractivity contribution in [2.75, 3.05) is 13.2 Å². The highest BCUT2D eigenvalue weighted by atomic mass is 32.2. The molecule has 0 saturated carbocycles. The zero-order valence-electron chi connectivity index (χ0n) is 15.7. The first-order valence-electron chi connectivity index (χ1n) is 8.89. The maximum Gasteiger partial charge on any atom is 0.306 e. The predicted molar refractivity (Wildman–Crippen MR) is 97.5 cm³/mol. The molecule has 148 valence electrons. The van der Waals surface area contributed by atoms with E-state index in [2.05, 4.69) is 9.38 Å². The Bertz CT molecular complexity index is 851. The highest BCUT2D eigenvalue weighted by Gasteiger charge is 2.39. The van der Waals surface area contributed by atoms with Gasteiger partial charge < -0.3 is 14.2 Å². The Morgan fingerprint density at radius 2 is 1.96 bits per heavy atom. The Balaban J connectivity index is 1.82. The van der Waals surface area contributed by atoms with Gasteiger partial charge in [0.05, 0.1) is 25.8 Å². The van der Waals surface area contributed by atoms with Crippen LogP contribution in [0.4, 0.5) is 0 Å². The summed E-state index contributed by atoms with van der Waals surface area (Å²) in [5.41, 5.74) is -0.839. The number of carbonyl (C=O) groups excluding carboxylic acids is 1. The molecular weight excluding hydrogens is 372 g/mol. The highest BCUT2D eigenvalue weighted by molar-refractivity contribution is 7.90. The average Bonchev–Trinajstić information content (AvgIpc) is 2.67. The van der Waals surface area contributed by atoms with E-state index in [1.54, 1.807) is 26.8 Å². The number of aryl methyl sites for hydroxylation is 1. The lowest BCUT2D eigenvalue weighted by Gasteiger charge is -2.32. The lowest BCUT2D eigenvalue weighted by Crippen LogP contribution is -2.43. The van der Waals surface area contributed by atoms with Gasteiger partial charge in [-0.3, -0.25) is 4.79 Å². The smallest absolute Gasteiger partial charge is 0.306 e. The van der Waals surface area contributed by atoms with Gasteiger partial charge in [0.2, 0.25) is 5.88 Å². The van der Waals surface area contributed by atoms with Crippen molar-refractivity contribution in [3.05, 3.63) is 17.8 Å². The summed E-state index contributed by atoms with van der Waals surface area (Å²) < 4.78 is 45.3. The number of carbonyl (C=O) groups is 1. The molecule has 1 fully saturated rings. The van der Waals surface area contributed by atoms with Crippen molar-refractivity contribution in [2.24, 2.45) is 4.40 Å². The van der Waals surface area contributed by atoms with Crippen molar-refractivity contribution in [3.63, 3.8) is 0 Å². The zero-order chi connectivity index (χ0) is 19.7. The summed E-state index contributed by atoms with van der Waals surface area (Å²) in [5.74, 6) is -0.312. The molecule has 0 aromatic carbocycles. The Labute approximate surface area is 159 Å². The number of fused-ring (bicyclic) bond motifs is 1. The molecule has 1 aromatic heterocycles. The molecule has 2 aliphatic rings. The molecule has 0 bridgehead atoms. The van der Waals surface area contributed by atoms with E-state index in [0.29, 0.717) is 38.2 Å². The van der Waals surface area contributed by atoms with Crippen LogP contribution in [0.3, 0.4) is 0 Å². The van der Waals surface area contributed by atoms with Crippen LogP contribution in [0.2, 0.25) is 0 Å². The number of rotatable bonds is 3. The molecule has 0 N–H and O–H groups in total. The quantitative estimate of drug-likeness (QED) is 0.720. The molecule has 0 atom stereocenters. The van der Waals surface area contributed by atoms with Crippen LogP contribution < -0.4 is 4.74 Å². The van der Waals surface area contributed by atoms with E-state index in [1.165, 1.54) is 12.3 Å². The number of nitrogens with zero attached hydrogens (tertiary/aromatic N) is 2. The molecule has 8 nitrogen and oxygen atoms in total. The van der Waals surface area contributed by atoms with Crippen LogP contribution in [0.25, 0.3) is 0 Å². The largest absolute Gasteiger partial charge is 0.464 e. The van der Waals surface area contributed by atoms with Crippen LogP contribution >= 0.6 is 0 Å². The second-order valence-electron chi connectivity index (χ2n) is 7.68. The molecule has 3 rings (SSSR count). The number of pyridine rings is 1. The molecular formula is C18H24N2O6S. The van der Waals surface area contributed by atoms with Gasteiger partial charge in [0.1, 0.15) is 5.60 Å². The SMILES string of the molecule is CC(C)(C)OC(=O)CCc1ccc2c(n1)OC1(C=NS2(=O)=O)CCOCC1. The highest BCUT2D eigenvalue weighted by Crippen LogP contribution is 2.34. The maximum absolute atomic E-state index is 12.4. The standard InChI is InChI=1S/C18H24N2O6S/c1-17(2,3)25-15(21)7-5-13-4-6-14-16(20-13)26-18(8-10-24-11-9-18)12-19-27(14,22)23/h4,6,12H,5,7-11H2,1-3H3. The van der Waals surface area contributed by atoms with Crippen LogP contribution in [0.15, 0.2) is 21.4 Å². The van der Waals surface area contributed by atoms with Gasteiger partial charge in [-0.25, -0.2) is 4.98 Å². The molecule has 9 heteroatoms. The summed E-state index contributed by atoms with van der Waals surface area (Å²) >= 11 is 0. The lowest BCUT2D eigenvalue weighted by molar-refractivity contribution is -0.154. The first-order valence-corrected chi connectivity index (χ1v) is 10.3.